The van der Waals surface area contributed by atoms with E-state index in [9.17, 15) is 19.2 Å². The van der Waals surface area contributed by atoms with Gasteiger partial charge in [0.1, 0.15) is 11.4 Å². The van der Waals surface area contributed by atoms with Crippen LogP contribution in [0.15, 0.2) is 39.9 Å². The molecule has 0 aliphatic rings. The van der Waals surface area contributed by atoms with Crippen molar-refractivity contribution in [2.45, 2.75) is 6.54 Å². The number of nitrogens with two attached hydrogens (primary N) is 1. The highest BCUT2D eigenvalue weighted by Crippen LogP contribution is 2.09. The Morgan fingerprint density at radius 1 is 1.07 bits per heavy atom. The van der Waals surface area contributed by atoms with Crippen molar-refractivity contribution in [1.29, 1.82) is 0 Å². The summed E-state index contributed by atoms with van der Waals surface area (Å²) in [6.07, 6.45) is 0. The minimum atomic E-state index is -0.765. The molecule has 1 aromatic heterocycles. The topological polar surface area (TPSA) is 117 Å². The van der Waals surface area contributed by atoms with E-state index in [1.54, 1.807) is 4.90 Å². The maximum Gasteiger partial charge on any atom is 0.332 e. The van der Waals surface area contributed by atoms with E-state index in [1.807, 2.05) is 30.3 Å². The second kappa shape index (κ2) is 8.45. The minimum Gasteiger partial charge on any atom is -0.468 e. The monoisotopic (exact) mass is 374 g/mol. The lowest BCUT2D eigenvalue weighted by Gasteiger charge is -2.21. The van der Waals surface area contributed by atoms with Crippen molar-refractivity contribution in [2.75, 3.05) is 25.9 Å². The SMILES string of the molecule is COC(=O)CN(CC(=O)c1c(N)n(C)c(=O)n(C)c1=O)Cc1ccccc1. The van der Waals surface area contributed by atoms with E-state index in [4.69, 9.17) is 5.73 Å². The van der Waals surface area contributed by atoms with Crippen LogP contribution in [0.25, 0.3) is 0 Å². The van der Waals surface area contributed by atoms with Crippen LogP contribution >= 0.6 is 0 Å². The van der Waals surface area contributed by atoms with Gasteiger partial charge in [0.25, 0.3) is 5.56 Å². The van der Waals surface area contributed by atoms with Gasteiger partial charge in [0.15, 0.2) is 5.78 Å². The van der Waals surface area contributed by atoms with Crippen molar-refractivity contribution in [3.63, 3.8) is 0 Å². The predicted octanol–water partition coefficient (Wildman–Crippen LogP) is -0.476. The second-order valence-electron chi connectivity index (χ2n) is 6.10. The molecule has 9 heteroatoms. The Kier molecular flexibility index (Phi) is 6.30. The molecule has 0 fully saturated rings. The number of ketones is 1. The molecule has 2 N–H and O–H groups in total. The lowest BCUT2D eigenvalue weighted by molar-refractivity contribution is -0.141. The molecule has 2 aromatic rings. The zero-order valence-electron chi connectivity index (χ0n) is 15.5. The van der Waals surface area contributed by atoms with Crippen molar-refractivity contribution < 1.29 is 14.3 Å². The maximum absolute atomic E-state index is 12.8. The Hall–Kier alpha value is -3.20. The van der Waals surface area contributed by atoms with Gasteiger partial charge in [-0.05, 0) is 5.56 Å². The number of carbonyl (C=O) groups is 2. The van der Waals surface area contributed by atoms with Gasteiger partial charge in [-0.2, -0.15) is 0 Å². The van der Waals surface area contributed by atoms with Gasteiger partial charge in [-0.1, -0.05) is 30.3 Å². The molecule has 27 heavy (non-hydrogen) atoms. The summed E-state index contributed by atoms with van der Waals surface area (Å²) in [7, 11) is 3.91. The molecule has 0 aliphatic heterocycles. The van der Waals surface area contributed by atoms with E-state index in [2.05, 4.69) is 4.74 Å². The zero-order valence-corrected chi connectivity index (χ0v) is 15.5. The van der Waals surface area contributed by atoms with Crippen molar-refractivity contribution in [3.8, 4) is 0 Å². The fourth-order valence-electron chi connectivity index (χ4n) is 2.66. The summed E-state index contributed by atoms with van der Waals surface area (Å²) < 4.78 is 6.54. The molecule has 1 aromatic carbocycles. The highest BCUT2D eigenvalue weighted by atomic mass is 16.5. The van der Waals surface area contributed by atoms with Gasteiger partial charge < -0.3 is 10.5 Å². The first-order valence-corrected chi connectivity index (χ1v) is 8.18. The molecule has 0 aliphatic carbocycles. The number of ether oxygens (including phenoxy) is 1. The Bertz CT molecular complexity index is 962. The molecular weight excluding hydrogens is 352 g/mol. The molecule has 1 heterocycles. The van der Waals surface area contributed by atoms with Crippen molar-refractivity contribution in [1.82, 2.24) is 14.0 Å². The highest BCUT2D eigenvalue weighted by Gasteiger charge is 2.23. The largest absolute Gasteiger partial charge is 0.468 e. The fraction of sp³-hybridized carbons (Fsp3) is 0.333. The highest BCUT2D eigenvalue weighted by molar-refractivity contribution is 6.01. The van der Waals surface area contributed by atoms with Gasteiger partial charge >= 0.3 is 11.7 Å². The van der Waals surface area contributed by atoms with Crippen molar-refractivity contribution in [3.05, 3.63) is 62.3 Å². The number of rotatable bonds is 7. The first-order valence-electron chi connectivity index (χ1n) is 8.18. The van der Waals surface area contributed by atoms with E-state index < -0.39 is 23.0 Å². The number of esters is 1. The average molecular weight is 374 g/mol. The molecule has 0 unspecified atom stereocenters. The third-order valence-corrected chi connectivity index (χ3v) is 4.19. The first kappa shape index (κ1) is 20.1. The number of methoxy groups -OCH3 is 1. The summed E-state index contributed by atoms with van der Waals surface area (Å²) in [5.41, 5.74) is 5.05. The van der Waals surface area contributed by atoms with Gasteiger partial charge in [-0.25, -0.2) is 4.79 Å². The van der Waals surface area contributed by atoms with Crippen LogP contribution in [0.5, 0.6) is 0 Å². The van der Waals surface area contributed by atoms with Crippen LogP contribution in [0.2, 0.25) is 0 Å². The van der Waals surface area contributed by atoms with E-state index in [0.717, 1.165) is 14.7 Å². The molecule has 0 radical (unpaired) electrons. The number of hydrogen-bond donors (Lipinski definition) is 1. The summed E-state index contributed by atoms with van der Waals surface area (Å²) in [6, 6.07) is 9.25. The van der Waals surface area contributed by atoms with E-state index >= 15 is 0 Å². The Morgan fingerprint density at radius 3 is 2.30 bits per heavy atom. The number of hydrogen-bond acceptors (Lipinski definition) is 7. The standard InChI is InChI=1S/C18H22N4O5/c1-20-16(19)15(17(25)21(2)18(20)26)13(23)10-22(11-14(24)27-3)9-12-7-5-4-6-8-12/h4-8H,9-11,19H2,1-3H3. The van der Waals surface area contributed by atoms with Crippen LogP contribution in [0.4, 0.5) is 5.82 Å². The summed E-state index contributed by atoms with van der Waals surface area (Å²) in [5, 5.41) is 0. The lowest BCUT2D eigenvalue weighted by atomic mass is 10.1. The van der Waals surface area contributed by atoms with Gasteiger partial charge in [0.05, 0.1) is 20.2 Å². The molecule has 0 saturated heterocycles. The number of Topliss-reactive ketones (excluding diaryl/α,β-unsaturated/α-hetero) is 1. The molecule has 144 valence electrons. The van der Waals surface area contributed by atoms with Gasteiger partial charge in [-0.3, -0.25) is 28.4 Å². The van der Waals surface area contributed by atoms with Crippen LogP contribution in [-0.2, 0) is 30.2 Å². The molecule has 0 amide bonds. The molecular formula is C18H22N4O5. The summed E-state index contributed by atoms with van der Waals surface area (Å²) in [4.78, 5) is 50.3. The molecule has 0 saturated carbocycles. The maximum atomic E-state index is 12.8. The number of aromatic nitrogens is 2. The average Bonchev–Trinajstić information content (AvgIpc) is 2.65. The van der Waals surface area contributed by atoms with Crippen molar-refractivity contribution in [2.24, 2.45) is 14.1 Å². The van der Waals surface area contributed by atoms with Crippen LogP contribution in [-0.4, -0.2) is 46.0 Å². The normalized spacial score (nSPS) is 10.8. The molecule has 0 bridgehead atoms. The van der Waals surface area contributed by atoms with Gasteiger partial charge in [-0.15, -0.1) is 0 Å². The van der Waals surface area contributed by atoms with Crippen molar-refractivity contribution >= 4 is 17.6 Å². The Labute approximate surface area is 155 Å². The molecule has 0 spiro atoms. The second-order valence-corrected chi connectivity index (χ2v) is 6.10. The number of nitrogen functional groups attached to an aromatic ring is 1. The first-order chi connectivity index (χ1) is 12.8. The van der Waals surface area contributed by atoms with E-state index in [-0.39, 0.29) is 24.5 Å². The Morgan fingerprint density at radius 2 is 1.70 bits per heavy atom. The van der Waals surface area contributed by atoms with Gasteiger partial charge in [0, 0.05) is 20.6 Å². The Balaban J connectivity index is 2.34. The smallest absolute Gasteiger partial charge is 0.332 e. The predicted molar refractivity (Wildman–Crippen MR) is 99.4 cm³/mol. The van der Waals surface area contributed by atoms with Crippen LogP contribution in [0.1, 0.15) is 15.9 Å². The third kappa shape index (κ3) is 4.50. The number of anilines is 1. The van der Waals surface area contributed by atoms with Crippen LogP contribution in [0.3, 0.4) is 0 Å². The lowest BCUT2D eigenvalue weighted by Crippen LogP contribution is -2.43. The molecule has 2 rings (SSSR count). The third-order valence-electron chi connectivity index (χ3n) is 4.19. The summed E-state index contributed by atoms with van der Waals surface area (Å²) >= 11 is 0. The zero-order chi connectivity index (χ0) is 20.1. The number of benzene rings is 1. The van der Waals surface area contributed by atoms with E-state index in [0.29, 0.717) is 6.54 Å². The number of nitrogens with zero attached hydrogens (tertiary/aromatic N) is 3. The quantitative estimate of drug-likeness (QED) is 0.514. The minimum absolute atomic E-state index is 0.136. The molecule has 9 nitrogen and oxygen atoms in total. The van der Waals surface area contributed by atoms with Crippen LogP contribution < -0.4 is 17.0 Å². The fourth-order valence-corrected chi connectivity index (χ4v) is 2.66. The van der Waals surface area contributed by atoms with Gasteiger partial charge in [0.2, 0.25) is 0 Å². The molecule has 0 atom stereocenters. The summed E-state index contributed by atoms with van der Waals surface area (Å²) in [6.45, 7) is -0.0710. The van der Waals surface area contributed by atoms with E-state index in [1.165, 1.54) is 21.2 Å². The number of carbonyl (C=O) groups excluding carboxylic acids is 2. The van der Waals surface area contributed by atoms with Crippen LogP contribution in [0, 0.1) is 0 Å². The summed E-state index contributed by atoms with van der Waals surface area (Å²) in [5.74, 6) is -1.30.